The predicted octanol–water partition coefficient (Wildman–Crippen LogP) is 4.87. The van der Waals surface area contributed by atoms with Gasteiger partial charge in [0.15, 0.2) is 6.23 Å². The molecule has 3 heterocycles. The van der Waals surface area contributed by atoms with Gasteiger partial charge >= 0.3 is 12.3 Å². The number of nitrogens with zero attached hydrogens (tertiary/aromatic N) is 2. The van der Waals surface area contributed by atoms with Crippen molar-refractivity contribution in [1.29, 1.82) is 0 Å². The first-order valence-electron chi connectivity index (χ1n) is 13.9. The van der Waals surface area contributed by atoms with E-state index in [-0.39, 0.29) is 23.9 Å². The average Bonchev–Trinajstić information content (AvgIpc) is 2.86. The number of nitrogens with one attached hydrogen (secondary N) is 1. The lowest BCUT2D eigenvalue weighted by atomic mass is 9.91. The van der Waals surface area contributed by atoms with Gasteiger partial charge in [0.2, 0.25) is 0 Å². The van der Waals surface area contributed by atoms with Gasteiger partial charge in [-0.2, -0.15) is 13.2 Å². The van der Waals surface area contributed by atoms with E-state index >= 15 is 0 Å². The molecule has 1 aromatic carbocycles. The van der Waals surface area contributed by atoms with Crippen molar-refractivity contribution in [1.82, 2.24) is 9.80 Å². The molecule has 4 rings (SSSR count). The zero-order chi connectivity index (χ0) is 29.4. The van der Waals surface area contributed by atoms with Crippen molar-refractivity contribution in [3.8, 4) is 5.75 Å². The molecule has 3 atom stereocenters. The Bertz CT molecular complexity index is 1080. The summed E-state index contributed by atoms with van der Waals surface area (Å²) in [5, 5.41) is 13.6. The molecule has 2 N–H and O–H groups in total. The second kappa shape index (κ2) is 11.6. The van der Waals surface area contributed by atoms with Crippen molar-refractivity contribution >= 4 is 17.7 Å². The minimum Gasteiger partial charge on any atom is -0.483 e. The molecule has 0 radical (unpaired) electrons. The van der Waals surface area contributed by atoms with E-state index in [1.807, 2.05) is 0 Å². The van der Waals surface area contributed by atoms with Gasteiger partial charge in [-0.1, -0.05) is 0 Å². The number of amides is 2. The number of aliphatic hydroxyl groups excluding tert-OH is 1. The van der Waals surface area contributed by atoms with Crippen LogP contribution in [0.3, 0.4) is 0 Å². The van der Waals surface area contributed by atoms with E-state index in [9.17, 15) is 27.9 Å². The lowest BCUT2D eigenvalue weighted by Gasteiger charge is -2.42. The Morgan fingerprint density at radius 2 is 1.82 bits per heavy atom. The monoisotopic (exact) mass is 571 g/mol. The third-order valence-electron chi connectivity index (χ3n) is 7.50. The maximum absolute atomic E-state index is 14.4. The van der Waals surface area contributed by atoms with Crippen LogP contribution in [0.1, 0.15) is 76.2 Å². The first-order chi connectivity index (χ1) is 18.7. The smallest absolute Gasteiger partial charge is 0.417 e. The fourth-order valence-corrected chi connectivity index (χ4v) is 5.69. The van der Waals surface area contributed by atoms with E-state index in [0.29, 0.717) is 45.4 Å². The molecule has 2 unspecified atom stereocenters. The second-order valence-corrected chi connectivity index (χ2v) is 12.0. The summed E-state index contributed by atoms with van der Waals surface area (Å²) in [7, 11) is 0. The number of fused-ring (bicyclic) bond motifs is 1. The minimum atomic E-state index is -4.83. The number of hydrogen-bond donors (Lipinski definition) is 2. The molecule has 3 aliphatic heterocycles. The van der Waals surface area contributed by atoms with Crippen LogP contribution in [0.5, 0.6) is 5.75 Å². The van der Waals surface area contributed by atoms with Crippen LogP contribution in [0.25, 0.3) is 0 Å². The Balaban J connectivity index is 1.63. The van der Waals surface area contributed by atoms with Gasteiger partial charge in [0, 0.05) is 38.3 Å². The Kier molecular flexibility index (Phi) is 8.79. The standard InChI is InChI=1S/C28H40F3N3O6/c1-16(2)34(18-7-6-10-33(15-18)26(37)40-27(3,4)5)25(36)19-13-21-22(14-20(19)28(29,30)31)39-23(24(35)32-21)17-8-11-38-12-9-17/h13-14,16-18,23-24,32,35H,6-12,15H2,1-5H3/t18-,23?,24?/m1/s1. The maximum atomic E-state index is 14.4. The van der Waals surface area contributed by atoms with Crippen LogP contribution >= 0.6 is 0 Å². The number of rotatable bonds is 4. The van der Waals surface area contributed by atoms with Gasteiger partial charge in [-0.3, -0.25) is 4.79 Å². The van der Waals surface area contributed by atoms with Crippen molar-refractivity contribution < 1.29 is 42.1 Å². The van der Waals surface area contributed by atoms with Gasteiger partial charge in [0.05, 0.1) is 22.9 Å². The largest absolute Gasteiger partial charge is 0.483 e. The Morgan fingerprint density at radius 3 is 2.42 bits per heavy atom. The summed E-state index contributed by atoms with van der Waals surface area (Å²) >= 11 is 0. The summed E-state index contributed by atoms with van der Waals surface area (Å²) in [4.78, 5) is 29.5. The highest BCUT2D eigenvalue weighted by Gasteiger charge is 2.43. The van der Waals surface area contributed by atoms with Crippen molar-refractivity contribution in [2.75, 3.05) is 31.6 Å². The molecule has 12 heteroatoms. The van der Waals surface area contributed by atoms with Gasteiger partial charge in [0.1, 0.15) is 17.5 Å². The molecule has 9 nitrogen and oxygen atoms in total. The van der Waals surface area contributed by atoms with Gasteiger partial charge in [-0.05, 0) is 72.4 Å². The van der Waals surface area contributed by atoms with Crippen molar-refractivity contribution in [3.05, 3.63) is 23.3 Å². The molecule has 2 amide bonds. The van der Waals surface area contributed by atoms with Gasteiger partial charge in [-0.15, -0.1) is 0 Å². The van der Waals surface area contributed by atoms with E-state index in [4.69, 9.17) is 14.2 Å². The third kappa shape index (κ3) is 6.76. The summed E-state index contributed by atoms with van der Waals surface area (Å²) in [5.41, 5.74) is -2.23. The summed E-state index contributed by atoms with van der Waals surface area (Å²) in [6, 6.07) is 1.02. The fraction of sp³-hybridized carbons (Fsp3) is 0.714. The maximum Gasteiger partial charge on any atom is 0.417 e. The molecule has 0 spiro atoms. The number of hydrogen-bond acceptors (Lipinski definition) is 7. The van der Waals surface area contributed by atoms with E-state index in [1.54, 1.807) is 34.6 Å². The minimum absolute atomic E-state index is 0.0597. The van der Waals surface area contributed by atoms with Crippen LogP contribution in [0.2, 0.25) is 0 Å². The quantitative estimate of drug-likeness (QED) is 0.532. The van der Waals surface area contributed by atoms with Crippen LogP contribution in [0.4, 0.5) is 23.7 Å². The number of piperidine rings is 1. The number of carbonyl (C=O) groups is 2. The summed E-state index contributed by atoms with van der Waals surface area (Å²) in [5.74, 6) is -0.949. The second-order valence-electron chi connectivity index (χ2n) is 12.0. The predicted molar refractivity (Wildman–Crippen MR) is 141 cm³/mol. The third-order valence-corrected chi connectivity index (χ3v) is 7.50. The first kappa shape index (κ1) is 30.2. The van der Waals surface area contributed by atoms with Crippen LogP contribution in [0, 0.1) is 5.92 Å². The molecule has 224 valence electrons. The summed E-state index contributed by atoms with van der Waals surface area (Å²) in [6.07, 6.45) is -4.91. The molecule has 0 bridgehead atoms. The highest BCUT2D eigenvalue weighted by molar-refractivity contribution is 5.98. The highest BCUT2D eigenvalue weighted by Crippen LogP contribution is 2.43. The molecular weight excluding hydrogens is 531 g/mol. The van der Waals surface area contributed by atoms with E-state index < -0.39 is 59.3 Å². The average molecular weight is 572 g/mol. The number of halogens is 3. The highest BCUT2D eigenvalue weighted by atomic mass is 19.4. The molecule has 0 saturated carbocycles. The Morgan fingerprint density at radius 1 is 1.15 bits per heavy atom. The number of alkyl halides is 3. The molecule has 2 saturated heterocycles. The van der Waals surface area contributed by atoms with Gasteiger partial charge in [0.25, 0.3) is 5.91 Å². The number of anilines is 1. The van der Waals surface area contributed by atoms with Crippen molar-refractivity contribution in [3.63, 3.8) is 0 Å². The number of aliphatic hydroxyl groups is 1. The molecule has 40 heavy (non-hydrogen) atoms. The Hall–Kier alpha value is -2.73. The fourth-order valence-electron chi connectivity index (χ4n) is 5.69. The van der Waals surface area contributed by atoms with Crippen LogP contribution in [0.15, 0.2) is 12.1 Å². The topological polar surface area (TPSA) is 101 Å². The van der Waals surface area contributed by atoms with Gasteiger partial charge in [-0.25, -0.2) is 4.79 Å². The SMILES string of the molecule is CC(C)N(C(=O)c1cc2c(cc1C(F)(F)F)OC(C1CCOCC1)C(O)N2)[C@@H]1CCCN(C(=O)OC(C)(C)C)C1. The van der Waals surface area contributed by atoms with E-state index in [1.165, 1.54) is 9.80 Å². The molecule has 2 fully saturated rings. The van der Waals surface area contributed by atoms with E-state index in [2.05, 4.69) is 5.32 Å². The lowest BCUT2D eigenvalue weighted by Crippen LogP contribution is -2.54. The molecular formula is C28H40F3N3O6. The number of benzene rings is 1. The number of carbonyl (C=O) groups excluding carboxylic acids is 2. The molecule has 0 aromatic heterocycles. The normalized spacial score (nSPS) is 24.1. The Labute approximate surface area is 232 Å². The van der Waals surface area contributed by atoms with Gasteiger partial charge < -0.3 is 34.4 Å². The summed E-state index contributed by atoms with van der Waals surface area (Å²) in [6.45, 7) is 10.3. The molecule has 0 aliphatic carbocycles. The summed E-state index contributed by atoms with van der Waals surface area (Å²) < 4.78 is 59.8. The number of ether oxygens (including phenoxy) is 3. The van der Waals surface area contributed by atoms with Crippen LogP contribution in [-0.2, 0) is 15.7 Å². The van der Waals surface area contributed by atoms with Crippen LogP contribution < -0.4 is 10.1 Å². The van der Waals surface area contributed by atoms with Crippen LogP contribution in [-0.4, -0.2) is 83.2 Å². The lowest BCUT2D eigenvalue weighted by molar-refractivity contribution is -0.138. The van der Waals surface area contributed by atoms with Crippen molar-refractivity contribution in [2.24, 2.45) is 5.92 Å². The zero-order valence-electron chi connectivity index (χ0n) is 23.7. The van der Waals surface area contributed by atoms with E-state index in [0.717, 1.165) is 12.1 Å². The first-order valence-corrected chi connectivity index (χ1v) is 13.9. The van der Waals surface area contributed by atoms with Crippen molar-refractivity contribution in [2.45, 2.75) is 96.5 Å². The molecule has 3 aliphatic rings. The zero-order valence-corrected chi connectivity index (χ0v) is 23.7. The number of likely N-dealkylation sites (tertiary alicyclic amines) is 1. The molecule has 1 aromatic rings.